The zero-order valence-electron chi connectivity index (χ0n) is 93.6. The maximum absolute atomic E-state index is 11.8. The Morgan fingerprint density at radius 2 is 0.752 bits per heavy atom. The number of carbonyl (C=O) groups excluding carboxylic acids is 5. The van der Waals surface area contributed by atoms with Crippen LogP contribution in [0.1, 0.15) is 353 Å². The van der Waals surface area contributed by atoms with Crippen molar-refractivity contribution in [2.45, 2.75) is 359 Å². The van der Waals surface area contributed by atoms with Crippen LogP contribution >= 0.6 is 0 Å². The van der Waals surface area contributed by atoms with E-state index in [1.54, 1.807) is 0 Å². The molecule has 0 aromatic rings. The molecule has 0 bridgehead atoms. The van der Waals surface area contributed by atoms with Gasteiger partial charge >= 0.3 is 6.09 Å². The lowest BCUT2D eigenvalue weighted by atomic mass is 9.80. The number of morpholine rings is 1. The number of allylic oxidation sites excluding steroid dienone is 1. The molecule has 133 heavy (non-hydrogen) atoms. The molecule has 10 aliphatic heterocycles. The molecular formula is C112H225N13O8. The van der Waals surface area contributed by atoms with E-state index >= 15 is 0 Å². The van der Waals surface area contributed by atoms with Crippen molar-refractivity contribution in [3.8, 4) is 0 Å². The van der Waals surface area contributed by atoms with Crippen molar-refractivity contribution in [1.82, 2.24) is 64.5 Å². The first-order valence-electron chi connectivity index (χ1n) is 55.2. The number of hydrogen-bond acceptors (Lipinski definition) is 16. The molecule has 10 saturated heterocycles. The van der Waals surface area contributed by atoms with E-state index in [2.05, 4.69) is 244 Å². The van der Waals surface area contributed by atoms with Crippen molar-refractivity contribution in [3.63, 3.8) is 0 Å². The highest BCUT2D eigenvalue weighted by Crippen LogP contribution is 2.34. The number of nitrogens with zero attached hydrogens (tertiary/aromatic N) is 11. The smallest absolute Gasteiger partial charge is 0.410 e. The second-order valence-electron chi connectivity index (χ2n) is 47.6. The Bertz CT molecular complexity index is 2840. The van der Waals surface area contributed by atoms with Crippen molar-refractivity contribution in [2.24, 2.45) is 94.2 Å². The fraction of sp³-hybridized carbons (Fsp3) is 0.938. The van der Waals surface area contributed by atoms with Gasteiger partial charge in [0.25, 0.3) is 0 Å². The molecule has 11 aliphatic rings. The van der Waals surface area contributed by atoms with Gasteiger partial charge in [0, 0.05) is 168 Å². The molecule has 5 amide bonds. The molecular weight excluding hydrogens is 1660 g/mol. The summed E-state index contributed by atoms with van der Waals surface area (Å²) in [5.74, 6) is 12.7. The Morgan fingerprint density at radius 3 is 1.12 bits per heavy atom. The highest BCUT2D eigenvalue weighted by atomic mass is 16.6. The number of piperidine rings is 5. The summed E-state index contributed by atoms with van der Waals surface area (Å²) in [4.78, 5) is 82.8. The number of carbonyl (C=O) groups is 5. The van der Waals surface area contributed by atoms with E-state index in [-0.39, 0.29) is 23.5 Å². The molecule has 0 aromatic heterocycles. The van der Waals surface area contributed by atoms with Crippen LogP contribution in [0.2, 0.25) is 0 Å². The molecule has 0 radical (unpaired) electrons. The first kappa shape index (κ1) is 127. The SMILES string of the molecule is C=C1CCCN1CCC(C)C.CC(C)C1CCCCC1.CC(C)C1CCN(C(=O)OC(C)(C)C)CC1.CC(C)C1CCN(C)CC1.CC(C)CC(=O)N1CCCCC1.CC(C)CC(=O)N1CCN(C)CC1.CC(C)CC(=O)NCCN1CCCCC1.CC(C)CC(=O)NCCN1CCN(C)CC1.CC(C)CC1(C)COC1.CC(C)CC1CCN(C)CC1.CC(C)CCN1CCOCC1. The second kappa shape index (κ2) is 74.3. The average molecular weight is 1880 g/mol. The van der Waals surface area contributed by atoms with E-state index < -0.39 is 0 Å². The monoisotopic (exact) mass is 1880 g/mol. The molecule has 2 N–H and O–H groups in total. The summed E-state index contributed by atoms with van der Waals surface area (Å²) >= 11 is 0. The molecule has 11 rings (SSSR count). The Hall–Kier alpha value is -3.67. The lowest BCUT2D eigenvalue weighted by Crippen LogP contribution is -2.47. The highest BCUT2D eigenvalue weighted by molar-refractivity contribution is 5.77. The third-order valence-electron chi connectivity index (χ3n) is 27.8. The molecule has 1 saturated carbocycles. The van der Waals surface area contributed by atoms with Gasteiger partial charge in [0.2, 0.25) is 23.6 Å². The molecule has 0 aromatic carbocycles. The van der Waals surface area contributed by atoms with E-state index in [9.17, 15) is 24.0 Å². The van der Waals surface area contributed by atoms with Gasteiger partial charge in [0.1, 0.15) is 5.60 Å². The number of nitrogens with one attached hydrogen (secondary N) is 2. The summed E-state index contributed by atoms with van der Waals surface area (Å²) in [5, 5.41) is 5.96. The summed E-state index contributed by atoms with van der Waals surface area (Å²) in [6, 6.07) is 0. The minimum atomic E-state index is -0.383. The van der Waals surface area contributed by atoms with Gasteiger partial charge in [-0.05, 0) is 293 Å². The van der Waals surface area contributed by atoms with Crippen molar-refractivity contribution >= 4 is 29.7 Å². The van der Waals surface area contributed by atoms with Crippen LogP contribution in [-0.4, -0.2) is 321 Å². The fourth-order valence-electron chi connectivity index (χ4n) is 18.8. The van der Waals surface area contributed by atoms with Crippen LogP contribution in [0.4, 0.5) is 4.79 Å². The largest absolute Gasteiger partial charge is 0.444 e. The van der Waals surface area contributed by atoms with Gasteiger partial charge in [-0.2, -0.15) is 0 Å². The molecule has 0 spiro atoms. The van der Waals surface area contributed by atoms with Crippen LogP contribution in [0, 0.1) is 94.2 Å². The van der Waals surface area contributed by atoms with Gasteiger partial charge in [-0.1, -0.05) is 204 Å². The van der Waals surface area contributed by atoms with E-state index in [0.717, 1.165) is 229 Å². The van der Waals surface area contributed by atoms with Gasteiger partial charge in [-0.3, -0.25) is 29.0 Å². The summed E-state index contributed by atoms with van der Waals surface area (Å²) in [5.41, 5.74) is 1.49. The maximum atomic E-state index is 11.8. The first-order chi connectivity index (χ1) is 62.6. The summed E-state index contributed by atoms with van der Waals surface area (Å²) < 4.78 is 15.8. The molecule has 0 unspecified atom stereocenters. The zero-order chi connectivity index (χ0) is 100. The van der Waals surface area contributed by atoms with Gasteiger partial charge in [-0.15, -0.1) is 0 Å². The Balaban J connectivity index is 0.000000735. The average Bonchev–Trinajstić information content (AvgIpc) is 1.13. The van der Waals surface area contributed by atoms with Crippen molar-refractivity contribution in [1.29, 1.82) is 0 Å². The maximum Gasteiger partial charge on any atom is 0.410 e. The Kier molecular flexibility index (Phi) is 71.1. The fourth-order valence-corrected chi connectivity index (χ4v) is 18.8. The minimum absolute atomic E-state index is 0.158. The third kappa shape index (κ3) is 69.0. The topological polar surface area (TPSA) is 173 Å². The summed E-state index contributed by atoms with van der Waals surface area (Å²) in [6.45, 7) is 94.1. The van der Waals surface area contributed by atoms with Gasteiger partial charge in [0.15, 0.2) is 0 Å². The predicted molar refractivity (Wildman–Crippen MR) is 569 cm³/mol. The molecule has 1 aliphatic carbocycles. The minimum Gasteiger partial charge on any atom is -0.444 e. The lowest BCUT2D eigenvalue weighted by Gasteiger charge is -2.39. The number of hydrogen-bond donors (Lipinski definition) is 2. The quantitative estimate of drug-likeness (QED) is 0.0795. The van der Waals surface area contributed by atoms with Crippen LogP contribution in [0.5, 0.6) is 0 Å². The summed E-state index contributed by atoms with van der Waals surface area (Å²) in [6.07, 6.45) is 33.5. The normalized spacial score (nSPS) is 20.3. The van der Waals surface area contributed by atoms with Crippen molar-refractivity contribution in [3.05, 3.63) is 12.3 Å². The molecule has 21 nitrogen and oxygen atoms in total. The molecule has 21 heteroatoms. The summed E-state index contributed by atoms with van der Waals surface area (Å²) in [7, 11) is 8.70. The van der Waals surface area contributed by atoms with E-state index in [1.165, 1.54) is 199 Å². The van der Waals surface area contributed by atoms with Gasteiger partial charge < -0.3 is 68.9 Å². The van der Waals surface area contributed by atoms with E-state index in [1.807, 2.05) is 35.5 Å². The van der Waals surface area contributed by atoms with Crippen molar-refractivity contribution in [2.75, 3.05) is 231 Å². The number of rotatable bonds is 27. The number of likely N-dealkylation sites (tertiary alicyclic amines) is 6. The van der Waals surface area contributed by atoms with Gasteiger partial charge in [-0.25, -0.2) is 4.79 Å². The first-order valence-corrected chi connectivity index (χ1v) is 55.2. The number of likely N-dealkylation sites (N-methyl/N-ethyl adjacent to an activating group) is 2. The highest BCUT2D eigenvalue weighted by Gasteiger charge is 2.34. The molecule has 786 valence electrons. The van der Waals surface area contributed by atoms with E-state index in [4.69, 9.17) is 14.2 Å². The third-order valence-corrected chi connectivity index (χ3v) is 27.8. The second-order valence-corrected chi connectivity index (χ2v) is 47.6. The van der Waals surface area contributed by atoms with Crippen LogP contribution in [0.3, 0.4) is 0 Å². The molecule has 0 atom stereocenters. The number of amides is 5. The van der Waals surface area contributed by atoms with Crippen LogP contribution in [0.25, 0.3) is 0 Å². The molecule has 10 heterocycles. The number of ether oxygens (including phenoxy) is 3. The van der Waals surface area contributed by atoms with Crippen molar-refractivity contribution < 1.29 is 38.2 Å². The molecule has 11 fully saturated rings. The van der Waals surface area contributed by atoms with Crippen LogP contribution in [0.15, 0.2) is 12.3 Å². The van der Waals surface area contributed by atoms with Gasteiger partial charge in [0.05, 0.1) is 26.4 Å². The zero-order valence-corrected chi connectivity index (χ0v) is 93.6. The van der Waals surface area contributed by atoms with E-state index in [0.29, 0.717) is 60.2 Å². The lowest BCUT2D eigenvalue weighted by molar-refractivity contribution is -0.134. The Morgan fingerprint density at radius 1 is 0.376 bits per heavy atom. The standard InChI is InChI=1S/C13H25NO2.C12H25N3O.C12H24N2O.C10H20N2O.C10H19NO.C10H21N.C10H19N.C9H19NO.C9H19N.C9H18.C8H16O/c1-10(2)11-6-8-14(9-7-11)12(15)16-13(3,4)5;1-11(2)10-12(16)13-4-5-15-8-6-14(3)7-9-15;1-11(2)10-12(15)13-6-9-14-7-4-3-5-8-14;1-9(2)8-10(13)12-6-4-11(3)5-7-12;1-9(2)8-10(12)11-6-4-3-5-7-11;1-9(2)8-10-4-6-11(3)7-5-10;1-9(2)6-8-11-7-4-5-10(11)3;1-9(2)3-4-10-5-7-11-8-6-10;1-8(2)9-4-6-10(3)7-5-9;1-8(2)9-6-4-3-5-7-9;1-7(2)4-8(3)5-9-6-8/h10-11H,6-9H2,1-5H3;11H,4-10H2,1-3H3,(H,13,16);11H,3-10H2,1-2H3,(H,13,15);9H,4-8H2,1-3H3;9H,3-8H2,1-2H3;9-10H,4-8H2,1-3H3;2*9H,3-8H2,1-2H3;8-9H,4-7H2,1-3H3;8-9H,3-7H2,1-2H3;7H,4-6H2,1-3H3. The van der Waals surface area contributed by atoms with Crippen LogP contribution in [-0.2, 0) is 33.4 Å². The predicted octanol–water partition coefficient (Wildman–Crippen LogP) is 21.8. The Labute approximate surface area is 824 Å². The van der Waals surface area contributed by atoms with Crippen LogP contribution < -0.4 is 10.6 Å². The number of piperazine rings is 2.